The minimum Gasteiger partial charge on any atom is -0.432 e. The number of carbonyl (C=O) groups excluding carboxylic acids is 1. The summed E-state index contributed by atoms with van der Waals surface area (Å²) in [7, 11) is 0. The molecule has 2 saturated heterocycles. The van der Waals surface area contributed by atoms with Crippen LogP contribution in [0.3, 0.4) is 0 Å². The lowest BCUT2D eigenvalue weighted by molar-refractivity contribution is -0.327. The molecular weight excluding hydrogens is 592 g/mol. The highest BCUT2D eigenvalue weighted by Gasteiger charge is 2.69. The minimum absolute atomic E-state index is 0.0421. The Morgan fingerprint density at radius 2 is 1.38 bits per heavy atom. The zero-order chi connectivity index (χ0) is 32.7. The van der Waals surface area contributed by atoms with Crippen LogP contribution in [-0.4, -0.2) is 127 Å². The highest BCUT2D eigenvalue weighted by molar-refractivity contribution is 5.77. The van der Waals surface area contributed by atoms with Gasteiger partial charge in [-0.25, -0.2) is 0 Å². The summed E-state index contributed by atoms with van der Waals surface area (Å²) >= 11 is 0. The average Bonchev–Trinajstić information content (AvgIpc) is 3.20. The lowest BCUT2D eigenvalue weighted by Gasteiger charge is -2.64. The van der Waals surface area contributed by atoms with Gasteiger partial charge < -0.3 is 59.8 Å². The van der Waals surface area contributed by atoms with Crippen LogP contribution in [0, 0.1) is 28.1 Å². The summed E-state index contributed by atoms with van der Waals surface area (Å²) in [5, 5.41) is 81.4. The van der Waals surface area contributed by atoms with Crippen molar-refractivity contribution >= 4 is 5.97 Å². The molecule has 0 unspecified atom stereocenters. The van der Waals surface area contributed by atoms with E-state index in [1.807, 2.05) is 6.92 Å². The van der Waals surface area contributed by atoms with Crippen molar-refractivity contribution in [2.45, 2.75) is 139 Å². The van der Waals surface area contributed by atoms with Gasteiger partial charge in [-0.3, -0.25) is 4.79 Å². The van der Waals surface area contributed by atoms with Crippen LogP contribution < -0.4 is 0 Å². The lowest BCUT2D eigenvalue weighted by atomic mass is 9.41. The number of esters is 1. The third kappa shape index (κ3) is 5.04. The van der Waals surface area contributed by atoms with E-state index in [9.17, 15) is 45.6 Å². The first-order chi connectivity index (χ1) is 21.2. The van der Waals surface area contributed by atoms with Gasteiger partial charge in [-0.1, -0.05) is 19.9 Å². The topological polar surface area (TPSA) is 216 Å². The SMILES string of the molecule is C=C1C[C@]23CC[C@H]4[C@@](C)(CCC[C@@]4(C)C(=O)O[C@@H]4O[C@H](CO)[C@@H](O)[C@H](O)[C@H]4O)[C@@H]2CC[C@]1(O[C@@H]1O[C@H](CO)[C@@H](O)[C@H](O)[C@H]1O)C3. The van der Waals surface area contributed by atoms with E-state index < -0.39 is 91.6 Å². The quantitative estimate of drug-likeness (QED) is 0.102. The molecule has 0 aromatic heterocycles. The molecule has 0 radical (unpaired) electrons. The highest BCUT2D eigenvalue weighted by Crippen LogP contribution is 2.73. The van der Waals surface area contributed by atoms with Gasteiger partial charge in [-0.2, -0.15) is 0 Å². The highest BCUT2D eigenvalue weighted by atomic mass is 16.7. The van der Waals surface area contributed by atoms with Crippen LogP contribution in [0.5, 0.6) is 0 Å². The Kier molecular flexibility index (Phi) is 8.77. The molecule has 1 spiro atoms. The van der Waals surface area contributed by atoms with E-state index >= 15 is 0 Å². The molecule has 45 heavy (non-hydrogen) atoms. The van der Waals surface area contributed by atoms with Crippen molar-refractivity contribution in [3.05, 3.63) is 12.2 Å². The number of hydrogen-bond acceptors (Lipinski definition) is 13. The van der Waals surface area contributed by atoms with Gasteiger partial charge in [0.2, 0.25) is 6.29 Å². The first-order valence-electron chi connectivity index (χ1n) is 16.3. The number of carbonyl (C=O) groups is 1. The molecule has 2 bridgehead atoms. The summed E-state index contributed by atoms with van der Waals surface area (Å²) < 4.78 is 23.4. The van der Waals surface area contributed by atoms with Crippen molar-refractivity contribution in [1.29, 1.82) is 0 Å². The smallest absolute Gasteiger partial charge is 0.314 e. The molecule has 4 aliphatic carbocycles. The second-order valence-electron chi connectivity index (χ2n) is 15.2. The normalized spacial score (nSPS) is 54.7. The maximum Gasteiger partial charge on any atom is 0.314 e. The summed E-state index contributed by atoms with van der Waals surface area (Å²) in [5.74, 6) is -0.348. The number of fused-ring (bicyclic) bond motifs is 3. The maximum absolute atomic E-state index is 13.9. The van der Waals surface area contributed by atoms with E-state index in [2.05, 4.69) is 13.5 Å². The molecule has 16 atom stereocenters. The van der Waals surface area contributed by atoms with Crippen LogP contribution in [0.15, 0.2) is 12.2 Å². The van der Waals surface area contributed by atoms with E-state index in [1.165, 1.54) is 0 Å². The van der Waals surface area contributed by atoms with E-state index in [0.29, 0.717) is 25.7 Å². The third-order valence-electron chi connectivity index (χ3n) is 12.9. The number of ether oxygens (including phenoxy) is 4. The molecule has 13 nitrogen and oxygen atoms in total. The van der Waals surface area contributed by atoms with E-state index in [4.69, 9.17) is 18.9 Å². The second-order valence-corrected chi connectivity index (χ2v) is 15.2. The van der Waals surface area contributed by atoms with Crippen molar-refractivity contribution in [3.8, 4) is 0 Å². The molecule has 2 heterocycles. The monoisotopic (exact) mass is 642 g/mol. The Bertz CT molecular complexity index is 1150. The van der Waals surface area contributed by atoms with Crippen LogP contribution in [-0.2, 0) is 23.7 Å². The van der Waals surface area contributed by atoms with Crippen LogP contribution >= 0.6 is 0 Å². The van der Waals surface area contributed by atoms with Crippen molar-refractivity contribution in [1.82, 2.24) is 0 Å². The minimum atomic E-state index is -1.67. The lowest BCUT2D eigenvalue weighted by Crippen LogP contribution is -2.63. The average molecular weight is 643 g/mol. The van der Waals surface area contributed by atoms with Crippen molar-refractivity contribution in [2.24, 2.45) is 28.1 Å². The van der Waals surface area contributed by atoms with E-state index in [0.717, 1.165) is 37.7 Å². The van der Waals surface area contributed by atoms with Crippen LogP contribution in [0.4, 0.5) is 0 Å². The summed E-state index contributed by atoms with van der Waals surface area (Å²) in [6.45, 7) is 7.41. The number of aliphatic hydroxyl groups is 8. The van der Waals surface area contributed by atoms with Crippen LogP contribution in [0.25, 0.3) is 0 Å². The molecule has 0 aromatic rings. The van der Waals surface area contributed by atoms with Gasteiger partial charge in [0.15, 0.2) is 6.29 Å². The van der Waals surface area contributed by atoms with Gasteiger partial charge in [0.05, 0.1) is 24.2 Å². The van der Waals surface area contributed by atoms with Gasteiger partial charge in [-0.15, -0.1) is 0 Å². The molecule has 13 heteroatoms. The Balaban J connectivity index is 1.20. The zero-order valence-corrected chi connectivity index (χ0v) is 26.0. The molecule has 256 valence electrons. The Morgan fingerprint density at radius 3 is 2.00 bits per heavy atom. The maximum atomic E-state index is 13.9. The largest absolute Gasteiger partial charge is 0.432 e. The number of hydrogen-bond donors (Lipinski definition) is 8. The van der Waals surface area contributed by atoms with Crippen LogP contribution in [0.2, 0.25) is 0 Å². The molecule has 8 N–H and O–H groups in total. The molecular formula is C32H50O13. The second kappa shape index (κ2) is 11.7. The van der Waals surface area contributed by atoms with E-state index in [-0.39, 0.29) is 22.7 Å². The van der Waals surface area contributed by atoms with Gasteiger partial charge in [0.1, 0.15) is 48.8 Å². The summed E-state index contributed by atoms with van der Waals surface area (Å²) in [5.41, 5.74) is -1.20. The zero-order valence-electron chi connectivity index (χ0n) is 26.0. The fourth-order valence-electron chi connectivity index (χ4n) is 10.5. The molecule has 6 aliphatic rings. The van der Waals surface area contributed by atoms with Gasteiger partial charge in [0, 0.05) is 0 Å². The van der Waals surface area contributed by atoms with Gasteiger partial charge in [0.25, 0.3) is 0 Å². The fraction of sp³-hybridized carbons (Fsp3) is 0.906. The Hall–Kier alpha value is -1.23. The Morgan fingerprint density at radius 1 is 0.800 bits per heavy atom. The molecule has 0 aromatic carbocycles. The molecule has 0 amide bonds. The first-order valence-corrected chi connectivity index (χ1v) is 16.3. The molecule has 4 saturated carbocycles. The van der Waals surface area contributed by atoms with E-state index in [1.54, 1.807) is 0 Å². The Labute approximate surface area is 262 Å². The number of aliphatic hydroxyl groups excluding tert-OH is 8. The van der Waals surface area contributed by atoms with Gasteiger partial charge in [-0.05, 0) is 86.5 Å². The predicted molar refractivity (Wildman–Crippen MR) is 154 cm³/mol. The first kappa shape index (κ1) is 33.7. The third-order valence-corrected chi connectivity index (χ3v) is 12.9. The summed E-state index contributed by atoms with van der Waals surface area (Å²) in [6.07, 6.45) is -7.82. The summed E-state index contributed by atoms with van der Waals surface area (Å²) in [4.78, 5) is 13.9. The molecule has 6 rings (SSSR count). The fourth-order valence-corrected chi connectivity index (χ4v) is 10.5. The summed E-state index contributed by atoms with van der Waals surface area (Å²) in [6, 6.07) is 0. The van der Waals surface area contributed by atoms with Crippen molar-refractivity contribution in [3.63, 3.8) is 0 Å². The molecule has 2 aliphatic heterocycles. The predicted octanol–water partition coefficient (Wildman–Crippen LogP) is -0.762. The van der Waals surface area contributed by atoms with Crippen LogP contribution in [0.1, 0.15) is 71.6 Å². The van der Waals surface area contributed by atoms with Gasteiger partial charge >= 0.3 is 5.97 Å². The van der Waals surface area contributed by atoms with Crippen molar-refractivity contribution < 1.29 is 64.6 Å². The van der Waals surface area contributed by atoms with Crippen molar-refractivity contribution in [2.75, 3.05) is 13.2 Å². The standard InChI is InChI=1S/C32H50O13/c1-15-11-31-9-5-18-29(2,7-4-8-30(18,3)28(41)44-26-24(39)22(37)20(35)16(12-33)42-26)19(31)6-10-32(15,14-31)45-27-25(40)23(38)21(36)17(13-34)43-27/h16-27,33-40H,1,4-14H2,2-3H3/t16-,17-,18+,19+,20-,21-,22+,23+,24-,25-,26+,27+,29-,30-,31+,32+/m1/s1. The molecule has 6 fully saturated rings. The number of rotatable bonds is 6.